The van der Waals surface area contributed by atoms with Crippen LogP contribution in [0.2, 0.25) is 0 Å². The number of aryl methyl sites for hydroxylation is 1. The molecule has 1 saturated heterocycles. The van der Waals surface area contributed by atoms with Crippen molar-refractivity contribution in [3.8, 4) is 5.75 Å². The van der Waals surface area contributed by atoms with Crippen LogP contribution < -0.4 is 10.1 Å². The Bertz CT molecular complexity index is 388. The van der Waals surface area contributed by atoms with Crippen LogP contribution in [0.4, 0.5) is 4.39 Å². The van der Waals surface area contributed by atoms with E-state index >= 15 is 0 Å². The zero-order chi connectivity index (χ0) is 13.0. The molecule has 1 N–H and O–H groups in total. The standard InChI is InChI=1S/C15H22FNO/c1-3-11-9-13(16)5-6-15(11)18-14(4-2)12-7-8-17-10-12/h5-6,9,12,14,17H,3-4,7-8,10H2,1-2H3/t12-,14-/m0/s1. The Morgan fingerprint density at radius 1 is 1.44 bits per heavy atom. The molecule has 2 atom stereocenters. The van der Waals surface area contributed by atoms with Crippen LogP contribution in [-0.4, -0.2) is 19.2 Å². The summed E-state index contributed by atoms with van der Waals surface area (Å²) in [7, 11) is 0. The highest BCUT2D eigenvalue weighted by Gasteiger charge is 2.25. The van der Waals surface area contributed by atoms with Gasteiger partial charge in [-0.05, 0) is 49.6 Å². The van der Waals surface area contributed by atoms with E-state index in [9.17, 15) is 4.39 Å². The Labute approximate surface area is 109 Å². The molecule has 0 radical (unpaired) electrons. The largest absolute Gasteiger partial charge is 0.490 e. The van der Waals surface area contributed by atoms with Crippen molar-refractivity contribution in [3.05, 3.63) is 29.6 Å². The van der Waals surface area contributed by atoms with Gasteiger partial charge in [-0.1, -0.05) is 13.8 Å². The van der Waals surface area contributed by atoms with E-state index in [1.54, 1.807) is 12.1 Å². The van der Waals surface area contributed by atoms with E-state index in [2.05, 4.69) is 12.2 Å². The molecule has 100 valence electrons. The highest BCUT2D eigenvalue weighted by atomic mass is 19.1. The number of hydrogen-bond donors (Lipinski definition) is 1. The lowest BCUT2D eigenvalue weighted by molar-refractivity contribution is 0.137. The minimum atomic E-state index is -0.185. The van der Waals surface area contributed by atoms with Gasteiger partial charge >= 0.3 is 0 Å². The number of rotatable bonds is 5. The van der Waals surface area contributed by atoms with Crippen LogP contribution in [0.5, 0.6) is 5.75 Å². The number of halogens is 1. The molecule has 1 aliphatic heterocycles. The highest BCUT2D eigenvalue weighted by molar-refractivity contribution is 5.34. The Balaban J connectivity index is 2.10. The van der Waals surface area contributed by atoms with Crippen LogP contribution >= 0.6 is 0 Å². The Morgan fingerprint density at radius 2 is 2.28 bits per heavy atom. The molecule has 1 fully saturated rings. The Hall–Kier alpha value is -1.09. The van der Waals surface area contributed by atoms with E-state index in [-0.39, 0.29) is 11.9 Å². The van der Waals surface area contributed by atoms with Gasteiger partial charge in [0.05, 0.1) is 0 Å². The maximum absolute atomic E-state index is 13.2. The molecule has 1 heterocycles. The fourth-order valence-corrected chi connectivity index (χ4v) is 2.61. The zero-order valence-electron chi connectivity index (χ0n) is 11.2. The lowest BCUT2D eigenvalue weighted by atomic mass is 9.99. The van der Waals surface area contributed by atoms with Crippen molar-refractivity contribution in [1.29, 1.82) is 0 Å². The summed E-state index contributed by atoms with van der Waals surface area (Å²) >= 11 is 0. The van der Waals surface area contributed by atoms with Gasteiger partial charge in [0.2, 0.25) is 0 Å². The smallest absolute Gasteiger partial charge is 0.123 e. The van der Waals surface area contributed by atoms with Crippen LogP contribution in [0.1, 0.15) is 32.3 Å². The molecule has 0 unspecified atom stereocenters. The van der Waals surface area contributed by atoms with E-state index in [1.807, 2.05) is 6.92 Å². The topological polar surface area (TPSA) is 21.3 Å². The predicted octanol–water partition coefficient (Wildman–Crippen LogP) is 3.16. The van der Waals surface area contributed by atoms with Crippen molar-refractivity contribution in [2.75, 3.05) is 13.1 Å². The molecule has 0 aliphatic carbocycles. The number of ether oxygens (including phenoxy) is 1. The highest BCUT2D eigenvalue weighted by Crippen LogP contribution is 2.26. The average Bonchev–Trinajstić information content (AvgIpc) is 2.91. The van der Waals surface area contributed by atoms with Crippen LogP contribution in [0.15, 0.2) is 18.2 Å². The number of hydrogen-bond acceptors (Lipinski definition) is 2. The number of nitrogens with one attached hydrogen (secondary N) is 1. The van der Waals surface area contributed by atoms with Gasteiger partial charge in [0.25, 0.3) is 0 Å². The number of benzene rings is 1. The van der Waals surface area contributed by atoms with Gasteiger partial charge in [-0.2, -0.15) is 0 Å². The summed E-state index contributed by atoms with van der Waals surface area (Å²) in [5.74, 6) is 1.23. The molecule has 0 bridgehead atoms. The lowest BCUT2D eigenvalue weighted by Crippen LogP contribution is -2.28. The second-order valence-electron chi connectivity index (χ2n) is 4.92. The molecule has 18 heavy (non-hydrogen) atoms. The summed E-state index contributed by atoms with van der Waals surface area (Å²) in [5.41, 5.74) is 0.958. The maximum Gasteiger partial charge on any atom is 0.123 e. The summed E-state index contributed by atoms with van der Waals surface area (Å²) in [6, 6.07) is 4.82. The quantitative estimate of drug-likeness (QED) is 0.868. The molecule has 1 aromatic carbocycles. The molecule has 0 aromatic heterocycles. The van der Waals surface area contributed by atoms with E-state index in [1.165, 1.54) is 12.5 Å². The van der Waals surface area contributed by atoms with Crippen molar-refractivity contribution in [2.24, 2.45) is 5.92 Å². The van der Waals surface area contributed by atoms with Crippen LogP contribution in [0.3, 0.4) is 0 Å². The van der Waals surface area contributed by atoms with Gasteiger partial charge in [0, 0.05) is 12.5 Å². The lowest BCUT2D eigenvalue weighted by Gasteiger charge is -2.24. The molecule has 2 nitrogen and oxygen atoms in total. The fourth-order valence-electron chi connectivity index (χ4n) is 2.61. The van der Waals surface area contributed by atoms with Gasteiger partial charge in [-0.15, -0.1) is 0 Å². The van der Waals surface area contributed by atoms with E-state index in [0.717, 1.165) is 37.2 Å². The minimum Gasteiger partial charge on any atom is -0.490 e. The summed E-state index contributed by atoms with van der Waals surface area (Å²) in [4.78, 5) is 0. The summed E-state index contributed by atoms with van der Waals surface area (Å²) < 4.78 is 19.3. The van der Waals surface area contributed by atoms with Crippen LogP contribution in [0.25, 0.3) is 0 Å². The predicted molar refractivity (Wildman–Crippen MR) is 71.5 cm³/mol. The SMILES string of the molecule is CCc1cc(F)ccc1O[C@@H](CC)[C@H]1CCNC1. The van der Waals surface area contributed by atoms with Crippen LogP contribution in [0, 0.1) is 11.7 Å². The molecule has 0 spiro atoms. The normalized spacial score (nSPS) is 20.9. The molecule has 2 rings (SSSR count). The monoisotopic (exact) mass is 251 g/mol. The maximum atomic E-state index is 13.2. The summed E-state index contributed by atoms with van der Waals surface area (Å²) in [6.45, 7) is 6.29. The van der Waals surface area contributed by atoms with Crippen molar-refractivity contribution in [2.45, 2.75) is 39.2 Å². The molecule has 3 heteroatoms. The van der Waals surface area contributed by atoms with Gasteiger partial charge in [0.1, 0.15) is 17.7 Å². The first-order chi connectivity index (χ1) is 8.74. The van der Waals surface area contributed by atoms with Crippen molar-refractivity contribution >= 4 is 0 Å². The zero-order valence-corrected chi connectivity index (χ0v) is 11.2. The first-order valence-electron chi connectivity index (χ1n) is 6.90. The Morgan fingerprint density at radius 3 is 2.89 bits per heavy atom. The van der Waals surface area contributed by atoms with Crippen molar-refractivity contribution in [3.63, 3.8) is 0 Å². The first-order valence-corrected chi connectivity index (χ1v) is 6.90. The molecule has 0 saturated carbocycles. The fraction of sp³-hybridized carbons (Fsp3) is 0.600. The molecular formula is C15H22FNO. The van der Waals surface area contributed by atoms with Gasteiger partial charge in [-0.3, -0.25) is 0 Å². The van der Waals surface area contributed by atoms with Crippen molar-refractivity contribution in [1.82, 2.24) is 5.32 Å². The second-order valence-corrected chi connectivity index (χ2v) is 4.92. The minimum absolute atomic E-state index is 0.185. The third-order valence-electron chi connectivity index (χ3n) is 3.71. The molecule has 1 aromatic rings. The average molecular weight is 251 g/mol. The summed E-state index contributed by atoms with van der Waals surface area (Å²) in [6.07, 6.45) is 3.19. The molecule has 0 amide bonds. The van der Waals surface area contributed by atoms with Gasteiger partial charge in [-0.25, -0.2) is 4.39 Å². The van der Waals surface area contributed by atoms with Crippen molar-refractivity contribution < 1.29 is 9.13 Å². The first kappa shape index (κ1) is 13.3. The van der Waals surface area contributed by atoms with E-state index in [4.69, 9.17) is 4.74 Å². The third kappa shape index (κ3) is 3.02. The van der Waals surface area contributed by atoms with Crippen LogP contribution in [-0.2, 0) is 6.42 Å². The molecular weight excluding hydrogens is 229 g/mol. The van der Waals surface area contributed by atoms with E-state index < -0.39 is 0 Å². The van der Waals surface area contributed by atoms with Gasteiger partial charge < -0.3 is 10.1 Å². The summed E-state index contributed by atoms with van der Waals surface area (Å²) in [5, 5.41) is 3.37. The van der Waals surface area contributed by atoms with E-state index in [0.29, 0.717) is 5.92 Å². The second kappa shape index (κ2) is 6.19. The molecule has 1 aliphatic rings. The third-order valence-corrected chi connectivity index (χ3v) is 3.71. The Kier molecular flexibility index (Phi) is 4.59. The van der Waals surface area contributed by atoms with Gasteiger partial charge in [0.15, 0.2) is 0 Å².